The molecule has 1 aliphatic carbocycles. The largest absolute Gasteiger partial charge is 0.344 e. The summed E-state index contributed by atoms with van der Waals surface area (Å²) in [7, 11) is -3.63. The van der Waals surface area contributed by atoms with Crippen molar-refractivity contribution in [1.82, 2.24) is 4.72 Å². The van der Waals surface area contributed by atoms with Gasteiger partial charge in [0, 0.05) is 17.3 Å². The summed E-state index contributed by atoms with van der Waals surface area (Å²) in [4.78, 5) is 6.28. The van der Waals surface area contributed by atoms with Crippen molar-refractivity contribution >= 4 is 34.0 Å². The Labute approximate surface area is 171 Å². The summed E-state index contributed by atoms with van der Waals surface area (Å²) in [5, 5.41) is 0.657. The molecule has 1 N–H and O–H groups in total. The molecule has 1 aliphatic rings. The summed E-state index contributed by atoms with van der Waals surface area (Å²) >= 11 is 6.01. The maximum Gasteiger partial charge on any atom is 0.242 e. The molecule has 2 aromatic rings. The number of benzene rings is 2. The molecule has 1 saturated carbocycles. The highest BCUT2D eigenvalue weighted by Gasteiger charge is 2.29. The minimum Gasteiger partial charge on any atom is -0.344 e. The van der Waals surface area contributed by atoms with Crippen LogP contribution in [0.2, 0.25) is 5.02 Å². The number of nitrogens with one attached hydrogen (secondary N) is 1. The first kappa shape index (κ1) is 20.8. The van der Waals surface area contributed by atoms with Crippen LogP contribution in [0, 0.1) is 5.92 Å². The molecule has 0 bridgehead atoms. The van der Waals surface area contributed by atoms with Crippen LogP contribution in [0.4, 0.5) is 5.69 Å². The standard InChI is InChI=1S/C20H24ClN3O3S/c1-22-13-20(27-15-23-28(25,26)19-5-3-2-4-6-19)24(14-16-7-8-16)18-11-9-17(21)10-12-18/h2-6,9-12,16,20,23H,1,7-8,13-15H2. The summed E-state index contributed by atoms with van der Waals surface area (Å²) in [5.41, 5.74) is 0.955. The lowest BCUT2D eigenvalue weighted by Gasteiger charge is -2.33. The Kier molecular flexibility index (Phi) is 7.07. The van der Waals surface area contributed by atoms with Crippen LogP contribution in [0.25, 0.3) is 0 Å². The highest BCUT2D eigenvalue weighted by atomic mass is 35.5. The third kappa shape index (κ3) is 5.78. The van der Waals surface area contributed by atoms with Crippen molar-refractivity contribution < 1.29 is 13.2 Å². The van der Waals surface area contributed by atoms with E-state index in [1.807, 2.05) is 24.3 Å². The van der Waals surface area contributed by atoms with Crippen molar-refractivity contribution in [2.45, 2.75) is 24.0 Å². The van der Waals surface area contributed by atoms with E-state index < -0.39 is 16.3 Å². The molecule has 28 heavy (non-hydrogen) atoms. The maximum atomic E-state index is 12.4. The first-order valence-corrected chi connectivity index (χ1v) is 11.0. The number of hydrogen-bond acceptors (Lipinski definition) is 5. The van der Waals surface area contributed by atoms with Crippen molar-refractivity contribution in [3.8, 4) is 0 Å². The fourth-order valence-corrected chi connectivity index (χ4v) is 3.87. The van der Waals surface area contributed by atoms with E-state index in [2.05, 4.69) is 21.3 Å². The number of ether oxygens (including phenoxy) is 1. The molecule has 0 heterocycles. The average molecular weight is 422 g/mol. The molecule has 6 nitrogen and oxygen atoms in total. The molecule has 1 atom stereocenters. The van der Waals surface area contributed by atoms with Gasteiger partial charge in [0.2, 0.25) is 10.0 Å². The SMILES string of the molecule is C=NCC(OCNS(=O)(=O)c1ccccc1)N(CC1CC1)c1ccc(Cl)cc1. The molecule has 0 amide bonds. The van der Waals surface area contributed by atoms with Crippen LogP contribution < -0.4 is 9.62 Å². The predicted molar refractivity (Wildman–Crippen MR) is 112 cm³/mol. The number of nitrogens with zero attached hydrogens (tertiary/aromatic N) is 2. The second-order valence-electron chi connectivity index (χ2n) is 6.70. The molecule has 1 fully saturated rings. The van der Waals surface area contributed by atoms with Crippen LogP contribution in [0.1, 0.15) is 12.8 Å². The maximum absolute atomic E-state index is 12.4. The molecule has 3 rings (SSSR count). The summed E-state index contributed by atoms with van der Waals surface area (Å²) in [6.07, 6.45) is 1.93. The molecule has 0 saturated heterocycles. The van der Waals surface area contributed by atoms with Crippen molar-refractivity contribution in [1.29, 1.82) is 0 Å². The lowest BCUT2D eigenvalue weighted by Crippen LogP contribution is -2.43. The number of hydrogen-bond donors (Lipinski definition) is 1. The van der Waals surface area contributed by atoms with Crippen molar-refractivity contribution in [3.05, 3.63) is 59.6 Å². The second kappa shape index (κ2) is 9.52. The molecule has 0 spiro atoms. The summed E-state index contributed by atoms with van der Waals surface area (Å²) in [5.74, 6) is 0.604. The van der Waals surface area contributed by atoms with Gasteiger partial charge in [-0.15, -0.1) is 0 Å². The number of aliphatic imine (C=N–C) groups is 1. The van der Waals surface area contributed by atoms with E-state index >= 15 is 0 Å². The predicted octanol–water partition coefficient (Wildman–Crippen LogP) is 3.54. The Balaban J connectivity index is 1.69. The van der Waals surface area contributed by atoms with Gasteiger partial charge in [-0.05, 0) is 61.9 Å². The lowest BCUT2D eigenvalue weighted by molar-refractivity contribution is 0.0537. The highest BCUT2D eigenvalue weighted by Crippen LogP contribution is 2.33. The van der Waals surface area contributed by atoms with Crippen LogP contribution >= 0.6 is 11.6 Å². The minimum absolute atomic E-state index is 0.161. The number of anilines is 1. The Hall–Kier alpha value is -1.93. The van der Waals surface area contributed by atoms with Gasteiger partial charge in [-0.1, -0.05) is 29.8 Å². The molecule has 1 unspecified atom stereocenters. The number of sulfonamides is 1. The van der Waals surface area contributed by atoms with Crippen LogP contribution in [0.15, 0.2) is 64.5 Å². The molecule has 150 valence electrons. The van der Waals surface area contributed by atoms with E-state index in [0.29, 0.717) is 17.5 Å². The Bertz CT molecular complexity index is 871. The normalized spacial score (nSPS) is 15.2. The van der Waals surface area contributed by atoms with Gasteiger partial charge < -0.3 is 9.64 Å². The monoisotopic (exact) mass is 421 g/mol. The molecule has 0 aromatic heterocycles. The zero-order valence-electron chi connectivity index (χ0n) is 15.5. The lowest BCUT2D eigenvalue weighted by atomic mass is 10.2. The van der Waals surface area contributed by atoms with Gasteiger partial charge in [-0.25, -0.2) is 8.42 Å². The molecule has 0 radical (unpaired) electrons. The van der Waals surface area contributed by atoms with E-state index in [1.165, 1.54) is 25.0 Å². The summed E-state index contributed by atoms with van der Waals surface area (Å²) in [6.45, 7) is 4.55. The highest BCUT2D eigenvalue weighted by molar-refractivity contribution is 7.89. The van der Waals surface area contributed by atoms with Crippen LogP contribution in [0.5, 0.6) is 0 Å². The fraction of sp³-hybridized carbons (Fsp3) is 0.350. The van der Waals surface area contributed by atoms with Crippen molar-refractivity contribution in [3.63, 3.8) is 0 Å². The quantitative estimate of drug-likeness (QED) is 0.445. The summed E-state index contributed by atoms with van der Waals surface area (Å²) < 4.78 is 33.1. The number of rotatable bonds is 11. The van der Waals surface area contributed by atoms with Crippen molar-refractivity contribution in [2.75, 3.05) is 24.7 Å². The van der Waals surface area contributed by atoms with Gasteiger partial charge in [0.1, 0.15) is 6.73 Å². The first-order valence-electron chi connectivity index (χ1n) is 9.10. The van der Waals surface area contributed by atoms with Crippen LogP contribution in [0.3, 0.4) is 0 Å². The smallest absolute Gasteiger partial charge is 0.242 e. The van der Waals surface area contributed by atoms with Crippen molar-refractivity contribution in [2.24, 2.45) is 10.9 Å². The first-order chi connectivity index (χ1) is 13.5. The molecular formula is C20H24ClN3O3S. The third-order valence-electron chi connectivity index (χ3n) is 4.52. The van der Waals surface area contributed by atoms with Gasteiger partial charge in [0.15, 0.2) is 6.23 Å². The van der Waals surface area contributed by atoms with Crippen LogP contribution in [-0.4, -0.2) is 41.2 Å². The van der Waals surface area contributed by atoms with Gasteiger partial charge in [0.05, 0.1) is 11.4 Å². The van der Waals surface area contributed by atoms with E-state index in [0.717, 1.165) is 12.2 Å². The Morgan fingerprint density at radius 1 is 1.18 bits per heavy atom. The van der Waals surface area contributed by atoms with Gasteiger partial charge in [-0.2, -0.15) is 4.72 Å². The second-order valence-corrected chi connectivity index (χ2v) is 8.91. The minimum atomic E-state index is -3.63. The molecular weight excluding hydrogens is 398 g/mol. The van der Waals surface area contributed by atoms with Crippen LogP contribution in [-0.2, 0) is 14.8 Å². The van der Waals surface area contributed by atoms with E-state index in [9.17, 15) is 8.42 Å². The Morgan fingerprint density at radius 3 is 2.46 bits per heavy atom. The Morgan fingerprint density at radius 2 is 1.86 bits per heavy atom. The van der Waals surface area contributed by atoms with Gasteiger partial charge in [-0.3, -0.25) is 4.99 Å². The number of halogens is 1. The third-order valence-corrected chi connectivity index (χ3v) is 6.16. The van der Waals surface area contributed by atoms with Gasteiger partial charge in [0.25, 0.3) is 0 Å². The van der Waals surface area contributed by atoms with E-state index in [4.69, 9.17) is 16.3 Å². The average Bonchev–Trinajstić information content (AvgIpc) is 3.51. The molecule has 8 heteroatoms. The molecule has 0 aliphatic heterocycles. The fourth-order valence-electron chi connectivity index (χ4n) is 2.84. The topological polar surface area (TPSA) is 71.0 Å². The molecule has 2 aromatic carbocycles. The van der Waals surface area contributed by atoms with E-state index in [-0.39, 0.29) is 11.6 Å². The summed E-state index contributed by atoms with van der Waals surface area (Å²) in [6, 6.07) is 15.7. The van der Waals surface area contributed by atoms with E-state index in [1.54, 1.807) is 18.2 Å². The zero-order chi connectivity index (χ0) is 20.0. The zero-order valence-corrected chi connectivity index (χ0v) is 17.1. The van der Waals surface area contributed by atoms with Gasteiger partial charge >= 0.3 is 0 Å².